The van der Waals surface area contributed by atoms with Crippen LogP contribution in [0.5, 0.6) is 5.75 Å². The van der Waals surface area contributed by atoms with Gasteiger partial charge in [0.15, 0.2) is 0 Å². The van der Waals surface area contributed by atoms with Gasteiger partial charge in [-0.3, -0.25) is 4.79 Å². The van der Waals surface area contributed by atoms with Crippen LogP contribution >= 0.6 is 11.6 Å². The number of carbonyl (C=O) groups excluding carboxylic acids is 1. The first-order valence-electron chi connectivity index (χ1n) is 7.37. The fraction of sp³-hybridized carbons (Fsp3) is 0.222. The molecule has 2 aromatic carbocycles. The molecule has 0 radical (unpaired) electrons. The van der Waals surface area contributed by atoms with Crippen molar-refractivity contribution < 1.29 is 19.4 Å². The normalized spacial score (nSPS) is 11.6. The second-order valence-corrected chi connectivity index (χ2v) is 5.85. The van der Waals surface area contributed by atoms with Crippen molar-refractivity contribution in [3.05, 3.63) is 58.6 Å². The molecule has 1 unspecified atom stereocenters. The first-order chi connectivity index (χ1) is 11.4. The predicted molar refractivity (Wildman–Crippen MR) is 92.9 cm³/mol. The Bertz CT molecular complexity index is 760. The summed E-state index contributed by atoms with van der Waals surface area (Å²) < 4.78 is 5.17. The van der Waals surface area contributed by atoms with E-state index in [1.807, 2.05) is 24.3 Å². The standard InChI is InChI=1S/C18H18ClNO4/c1-11(8-12-4-3-5-14(9-12)24-2)17(21)20-16-10-13(18(22)23)6-7-15(16)19/h3-7,9-11H,8H2,1-2H3,(H,20,21)(H,22,23). The molecule has 0 spiro atoms. The van der Waals surface area contributed by atoms with Crippen molar-refractivity contribution in [2.75, 3.05) is 12.4 Å². The molecular weight excluding hydrogens is 330 g/mol. The van der Waals surface area contributed by atoms with E-state index in [2.05, 4.69) is 5.32 Å². The molecule has 0 aliphatic heterocycles. The van der Waals surface area contributed by atoms with E-state index in [-0.39, 0.29) is 17.4 Å². The van der Waals surface area contributed by atoms with Crippen LogP contribution in [0.25, 0.3) is 0 Å². The zero-order valence-electron chi connectivity index (χ0n) is 13.4. The number of methoxy groups -OCH3 is 1. The van der Waals surface area contributed by atoms with Gasteiger partial charge in [0, 0.05) is 5.92 Å². The maximum Gasteiger partial charge on any atom is 0.335 e. The van der Waals surface area contributed by atoms with Crippen LogP contribution in [0, 0.1) is 5.92 Å². The first-order valence-corrected chi connectivity index (χ1v) is 7.75. The largest absolute Gasteiger partial charge is 0.497 e. The van der Waals surface area contributed by atoms with Crippen LogP contribution in [0.15, 0.2) is 42.5 Å². The van der Waals surface area contributed by atoms with Gasteiger partial charge in [0.25, 0.3) is 0 Å². The van der Waals surface area contributed by atoms with Gasteiger partial charge in [0.05, 0.1) is 23.4 Å². The molecule has 0 aromatic heterocycles. The zero-order valence-corrected chi connectivity index (χ0v) is 14.1. The van der Waals surface area contributed by atoms with E-state index in [0.29, 0.717) is 17.1 Å². The average Bonchev–Trinajstić information content (AvgIpc) is 2.56. The summed E-state index contributed by atoms with van der Waals surface area (Å²) >= 11 is 6.03. The minimum absolute atomic E-state index is 0.0650. The Hall–Kier alpha value is -2.53. The number of ether oxygens (including phenoxy) is 1. The molecule has 0 aliphatic rings. The van der Waals surface area contributed by atoms with E-state index >= 15 is 0 Å². The van der Waals surface area contributed by atoms with Crippen LogP contribution in [0.2, 0.25) is 5.02 Å². The number of benzene rings is 2. The zero-order chi connectivity index (χ0) is 17.7. The lowest BCUT2D eigenvalue weighted by molar-refractivity contribution is -0.119. The fourth-order valence-corrected chi connectivity index (χ4v) is 2.42. The minimum Gasteiger partial charge on any atom is -0.497 e. The molecule has 2 N–H and O–H groups in total. The van der Waals surface area contributed by atoms with Gasteiger partial charge in [0.1, 0.15) is 5.75 Å². The van der Waals surface area contributed by atoms with Gasteiger partial charge in [-0.15, -0.1) is 0 Å². The number of carboxylic acids is 1. The maximum atomic E-state index is 12.4. The lowest BCUT2D eigenvalue weighted by Gasteiger charge is -2.14. The number of halogens is 1. The molecule has 2 aromatic rings. The van der Waals surface area contributed by atoms with Gasteiger partial charge >= 0.3 is 5.97 Å². The van der Waals surface area contributed by atoms with Crippen LogP contribution in [0.1, 0.15) is 22.8 Å². The van der Waals surface area contributed by atoms with Gasteiger partial charge in [-0.05, 0) is 42.3 Å². The average molecular weight is 348 g/mol. The van der Waals surface area contributed by atoms with E-state index < -0.39 is 5.97 Å². The quantitative estimate of drug-likeness (QED) is 0.831. The lowest BCUT2D eigenvalue weighted by atomic mass is 10.00. The van der Waals surface area contributed by atoms with Gasteiger partial charge in [-0.1, -0.05) is 30.7 Å². The van der Waals surface area contributed by atoms with Crippen molar-refractivity contribution >= 4 is 29.2 Å². The highest BCUT2D eigenvalue weighted by molar-refractivity contribution is 6.33. The second-order valence-electron chi connectivity index (χ2n) is 5.45. The monoisotopic (exact) mass is 347 g/mol. The van der Waals surface area contributed by atoms with Crippen molar-refractivity contribution in [1.29, 1.82) is 0 Å². The second kappa shape index (κ2) is 7.84. The van der Waals surface area contributed by atoms with Crippen LogP contribution in [-0.2, 0) is 11.2 Å². The molecule has 0 bridgehead atoms. The first kappa shape index (κ1) is 17.8. The Morgan fingerprint density at radius 2 is 2.00 bits per heavy atom. The third-order valence-electron chi connectivity index (χ3n) is 3.59. The molecule has 1 atom stereocenters. The summed E-state index contributed by atoms with van der Waals surface area (Å²) in [5.41, 5.74) is 1.33. The molecule has 0 saturated carbocycles. The number of hydrogen-bond donors (Lipinski definition) is 2. The summed E-state index contributed by atoms with van der Waals surface area (Å²) in [5.74, 6) is -0.896. The van der Waals surface area contributed by atoms with Crippen LogP contribution in [0.4, 0.5) is 5.69 Å². The number of carbonyl (C=O) groups is 2. The molecular formula is C18H18ClNO4. The summed E-state index contributed by atoms with van der Waals surface area (Å²) in [7, 11) is 1.59. The Morgan fingerprint density at radius 1 is 1.25 bits per heavy atom. The third kappa shape index (κ3) is 4.49. The number of rotatable bonds is 6. The van der Waals surface area contributed by atoms with Crippen molar-refractivity contribution in [3.8, 4) is 5.75 Å². The molecule has 0 aliphatic carbocycles. The molecule has 5 nitrogen and oxygen atoms in total. The number of amides is 1. The molecule has 24 heavy (non-hydrogen) atoms. The van der Waals surface area contributed by atoms with Crippen LogP contribution in [-0.4, -0.2) is 24.1 Å². The van der Waals surface area contributed by atoms with E-state index in [9.17, 15) is 9.59 Å². The Balaban J connectivity index is 2.08. The number of nitrogens with one attached hydrogen (secondary N) is 1. The Kier molecular flexibility index (Phi) is 5.82. The van der Waals surface area contributed by atoms with E-state index in [1.165, 1.54) is 18.2 Å². The molecule has 2 rings (SSSR count). The maximum absolute atomic E-state index is 12.4. The number of hydrogen-bond acceptors (Lipinski definition) is 3. The van der Waals surface area contributed by atoms with Gasteiger partial charge in [0.2, 0.25) is 5.91 Å². The lowest BCUT2D eigenvalue weighted by Crippen LogP contribution is -2.22. The highest BCUT2D eigenvalue weighted by atomic mass is 35.5. The predicted octanol–water partition coefficient (Wildman–Crippen LogP) is 3.86. The number of anilines is 1. The van der Waals surface area contributed by atoms with Crippen LogP contribution in [0.3, 0.4) is 0 Å². The number of aromatic carboxylic acids is 1. The van der Waals surface area contributed by atoms with Crippen LogP contribution < -0.4 is 10.1 Å². The highest BCUT2D eigenvalue weighted by Crippen LogP contribution is 2.24. The summed E-state index contributed by atoms with van der Waals surface area (Å²) in [6.45, 7) is 1.80. The van der Waals surface area contributed by atoms with E-state index in [1.54, 1.807) is 14.0 Å². The minimum atomic E-state index is -1.08. The van der Waals surface area contributed by atoms with Crippen molar-refractivity contribution in [2.24, 2.45) is 5.92 Å². The van der Waals surface area contributed by atoms with Crippen molar-refractivity contribution in [3.63, 3.8) is 0 Å². The SMILES string of the molecule is COc1cccc(CC(C)C(=O)Nc2cc(C(=O)O)ccc2Cl)c1. The molecule has 6 heteroatoms. The highest BCUT2D eigenvalue weighted by Gasteiger charge is 2.16. The topological polar surface area (TPSA) is 75.6 Å². The molecule has 0 saturated heterocycles. The smallest absolute Gasteiger partial charge is 0.335 e. The number of carboxylic acid groups (broad SMARTS) is 1. The van der Waals surface area contributed by atoms with Gasteiger partial charge in [-0.25, -0.2) is 4.79 Å². The summed E-state index contributed by atoms with van der Waals surface area (Å²) in [6.07, 6.45) is 0.527. The van der Waals surface area contributed by atoms with Crippen molar-refractivity contribution in [1.82, 2.24) is 0 Å². The summed E-state index contributed by atoms with van der Waals surface area (Å²) in [6, 6.07) is 11.7. The van der Waals surface area contributed by atoms with Crippen molar-refractivity contribution in [2.45, 2.75) is 13.3 Å². The molecule has 1 amide bonds. The van der Waals surface area contributed by atoms with Gasteiger partial charge < -0.3 is 15.2 Å². The molecule has 0 fully saturated rings. The van der Waals surface area contributed by atoms with E-state index in [0.717, 1.165) is 11.3 Å². The van der Waals surface area contributed by atoms with Gasteiger partial charge in [-0.2, -0.15) is 0 Å². The Labute approximate surface area is 145 Å². The fourth-order valence-electron chi connectivity index (χ4n) is 2.26. The summed E-state index contributed by atoms with van der Waals surface area (Å²) in [4.78, 5) is 23.4. The Morgan fingerprint density at radius 3 is 2.67 bits per heavy atom. The summed E-state index contributed by atoms with van der Waals surface area (Å²) in [5, 5.41) is 12.0. The molecule has 0 heterocycles. The third-order valence-corrected chi connectivity index (χ3v) is 3.92. The molecule has 126 valence electrons. The van der Waals surface area contributed by atoms with E-state index in [4.69, 9.17) is 21.4 Å².